The predicted octanol–water partition coefficient (Wildman–Crippen LogP) is 0.540. The van der Waals surface area contributed by atoms with Crippen molar-refractivity contribution < 1.29 is 0 Å². The van der Waals surface area contributed by atoms with E-state index < -0.39 is 11.2 Å². The van der Waals surface area contributed by atoms with Gasteiger partial charge in [-0.3, -0.25) is 13.9 Å². The van der Waals surface area contributed by atoms with Gasteiger partial charge in [0, 0.05) is 26.7 Å². The van der Waals surface area contributed by atoms with Crippen LogP contribution in [-0.4, -0.2) is 40.7 Å². The zero-order valence-corrected chi connectivity index (χ0v) is 15.0. The summed E-state index contributed by atoms with van der Waals surface area (Å²) in [5.74, 6) is 0.260. The highest BCUT2D eigenvalue weighted by molar-refractivity contribution is 5.51. The number of anilines is 1. The average molecular weight is 341 g/mol. The summed E-state index contributed by atoms with van der Waals surface area (Å²) in [5.41, 5.74) is 0.0942. The predicted molar refractivity (Wildman–Crippen MR) is 97.7 cm³/mol. The zero-order valence-electron chi connectivity index (χ0n) is 15.0. The van der Waals surface area contributed by atoms with Gasteiger partial charge in [-0.25, -0.2) is 4.79 Å². The molecule has 0 saturated carbocycles. The lowest BCUT2D eigenvalue weighted by Gasteiger charge is -2.26. The number of likely N-dealkylation sites (N-methyl/N-ethyl adjacent to an activating group) is 1. The molecule has 0 fully saturated rings. The van der Waals surface area contributed by atoms with Gasteiger partial charge in [-0.15, -0.1) is 0 Å². The SMILES string of the molecule is CN(C)[C@H](CNc1c(C#N)c(=O)n(C)c(=O)n1C)Cc1ccccc1. The van der Waals surface area contributed by atoms with Gasteiger partial charge in [0.25, 0.3) is 5.56 Å². The van der Waals surface area contributed by atoms with Gasteiger partial charge in [-0.05, 0) is 26.1 Å². The maximum Gasteiger partial charge on any atom is 0.332 e. The molecule has 0 saturated heterocycles. The minimum Gasteiger partial charge on any atom is -0.369 e. The van der Waals surface area contributed by atoms with E-state index in [4.69, 9.17) is 0 Å². The number of hydrogen-bond donors (Lipinski definition) is 1. The normalized spacial score (nSPS) is 12.0. The van der Waals surface area contributed by atoms with Crippen molar-refractivity contribution in [1.29, 1.82) is 5.26 Å². The van der Waals surface area contributed by atoms with E-state index in [1.165, 1.54) is 17.2 Å². The number of nitrogens with zero attached hydrogens (tertiary/aromatic N) is 4. The molecule has 1 N–H and O–H groups in total. The van der Waals surface area contributed by atoms with E-state index in [2.05, 4.69) is 22.3 Å². The van der Waals surface area contributed by atoms with Gasteiger partial charge in [0.2, 0.25) is 0 Å². The summed E-state index contributed by atoms with van der Waals surface area (Å²) in [6.07, 6.45) is 0.807. The summed E-state index contributed by atoms with van der Waals surface area (Å²) in [7, 11) is 6.87. The topological polar surface area (TPSA) is 83.1 Å². The number of nitriles is 1. The molecule has 7 nitrogen and oxygen atoms in total. The summed E-state index contributed by atoms with van der Waals surface area (Å²) in [6, 6.07) is 12.1. The Morgan fingerprint density at radius 3 is 2.36 bits per heavy atom. The molecule has 2 rings (SSSR count). The Morgan fingerprint density at radius 2 is 1.80 bits per heavy atom. The first-order valence-corrected chi connectivity index (χ1v) is 8.01. The van der Waals surface area contributed by atoms with Crippen LogP contribution in [0.4, 0.5) is 5.82 Å². The lowest BCUT2D eigenvalue weighted by atomic mass is 10.1. The van der Waals surface area contributed by atoms with Crippen LogP contribution in [0.1, 0.15) is 11.1 Å². The molecule has 2 aromatic rings. The van der Waals surface area contributed by atoms with Crippen LogP contribution < -0.4 is 16.6 Å². The van der Waals surface area contributed by atoms with Crippen LogP contribution in [0.15, 0.2) is 39.9 Å². The van der Waals surface area contributed by atoms with E-state index >= 15 is 0 Å². The maximum absolute atomic E-state index is 12.1. The van der Waals surface area contributed by atoms with Crippen LogP contribution in [-0.2, 0) is 20.5 Å². The summed E-state index contributed by atoms with van der Waals surface area (Å²) < 4.78 is 2.24. The van der Waals surface area contributed by atoms with Gasteiger partial charge in [0.15, 0.2) is 5.56 Å². The molecule has 0 spiro atoms. The summed E-state index contributed by atoms with van der Waals surface area (Å²) in [4.78, 5) is 26.3. The second-order valence-corrected chi connectivity index (χ2v) is 6.23. The van der Waals surface area contributed by atoms with E-state index in [-0.39, 0.29) is 17.4 Å². The first kappa shape index (κ1) is 18.5. The van der Waals surface area contributed by atoms with E-state index in [1.807, 2.05) is 38.4 Å². The van der Waals surface area contributed by atoms with Crippen molar-refractivity contribution in [2.75, 3.05) is 26.0 Å². The maximum atomic E-state index is 12.1. The summed E-state index contributed by atoms with van der Waals surface area (Å²) >= 11 is 0. The molecule has 0 radical (unpaired) electrons. The third-order valence-electron chi connectivity index (χ3n) is 4.33. The molecular weight excluding hydrogens is 318 g/mol. The average Bonchev–Trinajstić information content (AvgIpc) is 2.61. The summed E-state index contributed by atoms with van der Waals surface area (Å²) in [6.45, 7) is 0.497. The molecule has 1 aromatic carbocycles. The van der Waals surface area contributed by atoms with Gasteiger partial charge in [-0.2, -0.15) is 5.26 Å². The van der Waals surface area contributed by atoms with Crippen molar-refractivity contribution in [2.45, 2.75) is 12.5 Å². The molecule has 0 aliphatic rings. The Kier molecular flexibility index (Phi) is 5.78. The van der Waals surface area contributed by atoms with Gasteiger partial charge < -0.3 is 10.2 Å². The minimum atomic E-state index is -0.586. The molecule has 1 atom stereocenters. The first-order valence-electron chi connectivity index (χ1n) is 8.01. The highest BCUT2D eigenvalue weighted by atomic mass is 16.2. The van der Waals surface area contributed by atoms with Crippen LogP contribution in [0.5, 0.6) is 0 Å². The van der Waals surface area contributed by atoms with Crippen LogP contribution in [0, 0.1) is 11.3 Å². The van der Waals surface area contributed by atoms with Crippen molar-refractivity contribution in [3.05, 3.63) is 62.3 Å². The molecule has 1 heterocycles. The number of hydrogen-bond acceptors (Lipinski definition) is 5. The Labute approximate surface area is 146 Å². The Balaban J connectivity index is 2.28. The van der Waals surface area contributed by atoms with Crippen LogP contribution >= 0.6 is 0 Å². The van der Waals surface area contributed by atoms with Crippen molar-refractivity contribution in [2.24, 2.45) is 14.1 Å². The van der Waals surface area contributed by atoms with E-state index in [9.17, 15) is 14.9 Å². The fourth-order valence-electron chi connectivity index (χ4n) is 2.69. The smallest absolute Gasteiger partial charge is 0.332 e. The Hall–Kier alpha value is -2.85. The fraction of sp³-hybridized carbons (Fsp3) is 0.389. The highest BCUT2D eigenvalue weighted by Gasteiger charge is 2.18. The minimum absolute atomic E-state index is 0.0539. The van der Waals surface area contributed by atoms with E-state index in [0.717, 1.165) is 11.0 Å². The first-order chi connectivity index (χ1) is 11.9. The van der Waals surface area contributed by atoms with Crippen molar-refractivity contribution >= 4 is 5.82 Å². The van der Waals surface area contributed by atoms with Gasteiger partial charge in [0.05, 0.1) is 0 Å². The monoisotopic (exact) mass is 341 g/mol. The molecule has 132 valence electrons. The molecule has 7 heteroatoms. The Bertz CT molecular complexity index is 891. The summed E-state index contributed by atoms with van der Waals surface area (Å²) in [5, 5.41) is 12.4. The lowest BCUT2D eigenvalue weighted by molar-refractivity contribution is 0.303. The second-order valence-electron chi connectivity index (χ2n) is 6.23. The van der Waals surface area contributed by atoms with Crippen molar-refractivity contribution in [3.63, 3.8) is 0 Å². The fourth-order valence-corrected chi connectivity index (χ4v) is 2.69. The van der Waals surface area contributed by atoms with Crippen molar-refractivity contribution in [1.82, 2.24) is 14.0 Å². The highest BCUT2D eigenvalue weighted by Crippen LogP contribution is 2.11. The molecule has 0 bridgehead atoms. The van der Waals surface area contributed by atoms with Crippen molar-refractivity contribution in [3.8, 4) is 6.07 Å². The van der Waals surface area contributed by atoms with Crippen LogP contribution in [0.3, 0.4) is 0 Å². The zero-order chi connectivity index (χ0) is 18.6. The molecular formula is C18H23N5O2. The standard InChI is InChI=1S/C18H23N5O2/c1-21(2)14(10-13-8-6-5-7-9-13)12-20-16-15(11-19)17(24)23(4)18(25)22(16)3/h5-9,14,20H,10,12H2,1-4H3/t14-/m0/s1. The molecule has 25 heavy (non-hydrogen) atoms. The Morgan fingerprint density at radius 1 is 1.16 bits per heavy atom. The third-order valence-corrected chi connectivity index (χ3v) is 4.33. The van der Waals surface area contributed by atoms with E-state index in [0.29, 0.717) is 6.54 Å². The quantitative estimate of drug-likeness (QED) is 0.829. The number of nitrogens with one attached hydrogen (secondary N) is 1. The van der Waals surface area contributed by atoms with E-state index in [1.54, 1.807) is 7.05 Å². The van der Waals surface area contributed by atoms with Gasteiger partial charge >= 0.3 is 5.69 Å². The van der Waals surface area contributed by atoms with Gasteiger partial charge in [0.1, 0.15) is 11.9 Å². The third kappa shape index (κ3) is 3.98. The second kappa shape index (κ2) is 7.81. The molecule has 0 unspecified atom stereocenters. The molecule has 1 aromatic heterocycles. The molecule has 0 aliphatic carbocycles. The van der Waals surface area contributed by atoms with Crippen LogP contribution in [0.25, 0.3) is 0 Å². The number of aromatic nitrogens is 2. The number of rotatable bonds is 6. The van der Waals surface area contributed by atoms with Crippen LogP contribution in [0.2, 0.25) is 0 Å². The van der Waals surface area contributed by atoms with Gasteiger partial charge in [-0.1, -0.05) is 30.3 Å². The molecule has 0 aliphatic heterocycles. The number of benzene rings is 1. The largest absolute Gasteiger partial charge is 0.369 e. The molecule has 0 amide bonds. The lowest BCUT2D eigenvalue weighted by Crippen LogP contribution is -2.42.